The predicted molar refractivity (Wildman–Crippen MR) is 82.3 cm³/mol. The first-order chi connectivity index (χ1) is 9.08. The van der Waals surface area contributed by atoms with Crippen molar-refractivity contribution in [3.8, 4) is 0 Å². The summed E-state index contributed by atoms with van der Waals surface area (Å²) >= 11 is 0. The minimum Gasteiger partial charge on any atom is -0.328 e. The van der Waals surface area contributed by atoms with E-state index in [-0.39, 0.29) is 0 Å². The standard InChI is InChI=1S/C17H28N2/c1-4-19(12-16-10-17(18)11-16)14(3)9-15-7-5-13(2)6-8-15/h5-8,14,16-17H,4,9-12,18H2,1-3H3. The fourth-order valence-corrected chi connectivity index (χ4v) is 3.08. The fraction of sp³-hybridized carbons (Fsp3) is 0.647. The number of aryl methyl sites for hydroxylation is 1. The molecule has 0 heterocycles. The lowest BCUT2D eigenvalue weighted by molar-refractivity contribution is 0.132. The Bertz CT molecular complexity index is 379. The van der Waals surface area contributed by atoms with Gasteiger partial charge in [0, 0.05) is 18.6 Å². The molecular formula is C17H28N2. The van der Waals surface area contributed by atoms with Gasteiger partial charge in [-0.05, 0) is 51.1 Å². The average molecular weight is 260 g/mol. The van der Waals surface area contributed by atoms with Crippen molar-refractivity contribution in [2.75, 3.05) is 13.1 Å². The predicted octanol–water partition coefficient (Wildman–Crippen LogP) is 2.99. The molecule has 0 spiro atoms. The van der Waals surface area contributed by atoms with E-state index in [0.29, 0.717) is 12.1 Å². The molecule has 1 unspecified atom stereocenters. The Morgan fingerprint density at radius 3 is 2.42 bits per heavy atom. The average Bonchev–Trinajstić information content (AvgIpc) is 2.36. The molecule has 0 bridgehead atoms. The first kappa shape index (κ1) is 14.5. The van der Waals surface area contributed by atoms with Gasteiger partial charge in [-0.1, -0.05) is 36.8 Å². The summed E-state index contributed by atoms with van der Waals surface area (Å²) in [5, 5.41) is 0. The lowest BCUT2D eigenvalue weighted by Gasteiger charge is -2.38. The molecule has 0 aliphatic heterocycles. The molecule has 2 nitrogen and oxygen atoms in total. The normalized spacial score (nSPS) is 24.3. The van der Waals surface area contributed by atoms with Gasteiger partial charge >= 0.3 is 0 Å². The third-order valence-corrected chi connectivity index (χ3v) is 4.45. The van der Waals surface area contributed by atoms with E-state index in [9.17, 15) is 0 Å². The van der Waals surface area contributed by atoms with E-state index < -0.39 is 0 Å². The van der Waals surface area contributed by atoms with Gasteiger partial charge in [0.25, 0.3) is 0 Å². The summed E-state index contributed by atoms with van der Waals surface area (Å²) in [6.45, 7) is 9.12. The van der Waals surface area contributed by atoms with Crippen molar-refractivity contribution in [2.45, 2.75) is 52.1 Å². The van der Waals surface area contributed by atoms with Crippen LogP contribution in [0.4, 0.5) is 0 Å². The summed E-state index contributed by atoms with van der Waals surface area (Å²) in [6.07, 6.45) is 3.58. The lowest BCUT2D eigenvalue weighted by Crippen LogP contribution is -2.45. The SMILES string of the molecule is CCN(CC1CC(N)C1)C(C)Cc1ccc(C)cc1. The van der Waals surface area contributed by atoms with Crippen LogP contribution in [0.15, 0.2) is 24.3 Å². The zero-order valence-corrected chi connectivity index (χ0v) is 12.6. The number of benzene rings is 1. The van der Waals surface area contributed by atoms with Gasteiger partial charge in [-0.15, -0.1) is 0 Å². The number of hydrogen-bond donors (Lipinski definition) is 1. The van der Waals surface area contributed by atoms with Crippen molar-refractivity contribution >= 4 is 0 Å². The van der Waals surface area contributed by atoms with Crippen molar-refractivity contribution in [2.24, 2.45) is 11.7 Å². The van der Waals surface area contributed by atoms with Gasteiger partial charge in [-0.3, -0.25) is 0 Å². The van der Waals surface area contributed by atoms with Crippen LogP contribution in [0.3, 0.4) is 0 Å². The van der Waals surface area contributed by atoms with Crippen LogP contribution < -0.4 is 5.73 Å². The van der Waals surface area contributed by atoms with E-state index >= 15 is 0 Å². The molecular weight excluding hydrogens is 232 g/mol. The molecule has 1 aromatic carbocycles. The zero-order chi connectivity index (χ0) is 13.8. The topological polar surface area (TPSA) is 29.3 Å². The van der Waals surface area contributed by atoms with E-state index in [0.717, 1.165) is 18.9 Å². The summed E-state index contributed by atoms with van der Waals surface area (Å²) in [5.74, 6) is 0.829. The van der Waals surface area contributed by atoms with Crippen molar-refractivity contribution in [3.63, 3.8) is 0 Å². The molecule has 1 aliphatic carbocycles. The highest BCUT2D eigenvalue weighted by molar-refractivity contribution is 5.22. The summed E-state index contributed by atoms with van der Waals surface area (Å²) in [4.78, 5) is 2.61. The van der Waals surface area contributed by atoms with Gasteiger partial charge in [0.1, 0.15) is 0 Å². The van der Waals surface area contributed by atoms with Crippen LogP contribution in [0.5, 0.6) is 0 Å². The number of nitrogens with zero attached hydrogens (tertiary/aromatic N) is 1. The van der Waals surface area contributed by atoms with Gasteiger partial charge in [-0.2, -0.15) is 0 Å². The molecule has 1 aliphatic rings. The molecule has 1 saturated carbocycles. The molecule has 0 saturated heterocycles. The molecule has 1 fully saturated rings. The molecule has 1 atom stereocenters. The summed E-state index contributed by atoms with van der Waals surface area (Å²) in [6, 6.07) is 10.0. The first-order valence-corrected chi connectivity index (χ1v) is 7.63. The van der Waals surface area contributed by atoms with Gasteiger partial charge in [0.15, 0.2) is 0 Å². The van der Waals surface area contributed by atoms with Crippen LogP contribution >= 0.6 is 0 Å². The van der Waals surface area contributed by atoms with Crippen LogP contribution in [0.1, 0.15) is 37.8 Å². The largest absolute Gasteiger partial charge is 0.328 e. The van der Waals surface area contributed by atoms with Crippen molar-refractivity contribution in [3.05, 3.63) is 35.4 Å². The lowest BCUT2D eigenvalue weighted by atomic mass is 9.80. The van der Waals surface area contributed by atoms with Gasteiger partial charge < -0.3 is 10.6 Å². The monoisotopic (exact) mass is 260 g/mol. The molecule has 1 aromatic rings. The summed E-state index contributed by atoms with van der Waals surface area (Å²) in [7, 11) is 0. The Balaban J connectivity index is 1.85. The van der Waals surface area contributed by atoms with Crippen LogP contribution in [-0.4, -0.2) is 30.1 Å². The highest BCUT2D eigenvalue weighted by Crippen LogP contribution is 2.27. The zero-order valence-electron chi connectivity index (χ0n) is 12.6. The maximum atomic E-state index is 5.88. The minimum atomic E-state index is 0.469. The van der Waals surface area contributed by atoms with E-state index in [1.54, 1.807) is 0 Å². The third kappa shape index (κ3) is 4.05. The second-order valence-electron chi connectivity index (χ2n) is 6.22. The van der Waals surface area contributed by atoms with Crippen LogP contribution in [0.25, 0.3) is 0 Å². The Hall–Kier alpha value is -0.860. The second-order valence-corrected chi connectivity index (χ2v) is 6.22. The molecule has 0 amide bonds. The number of hydrogen-bond acceptors (Lipinski definition) is 2. The summed E-state index contributed by atoms with van der Waals surface area (Å²) in [5.41, 5.74) is 8.67. The molecule has 106 valence electrons. The van der Waals surface area contributed by atoms with Gasteiger partial charge in [0.2, 0.25) is 0 Å². The Kier molecular flexibility index (Phi) is 5.00. The Morgan fingerprint density at radius 2 is 1.89 bits per heavy atom. The van der Waals surface area contributed by atoms with E-state index in [2.05, 4.69) is 49.9 Å². The smallest absolute Gasteiger partial charge is 0.0107 e. The van der Waals surface area contributed by atoms with Crippen LogP contribution in [-0.2, 0) is 6.42 Å². The van der Waals surface area contributed by atoms with Gasteiger partial charge in [-0.25, -0.2) is 0 Å². The third-order valence-electron chi connectivity index (χ3n) is 4.45. The van der Waals surface area contributed by atoms with Crippen LogP contribution in [0.2, 0.25) is 0 Å². The van der Waals surface area contributed by atoms with Crippen molar-refractivity contribution in [1.82, 2.24) is 4.90 Å². The Labute approximate surface area is 118 Å². The molecule has 0 radical (unpaired) electrons. The first-order valence-electron chi connectivity index (χ1n) is 7.63. The second kappa shape index (κ2) is 6.53. The molecule has 2 rings (SSSR count). The summed E-state index contributed by atoms with van der Waals surface area (Å²) < 4.78 is 0. The molecule has 2 N–H and O–H groups in total. The highest BCUT2D eigenvalue weighted by atomic mass is 15.1. The number of nitrogens with two attached hydrogens (primary N) is 1. The van der Waals surface area contributed by atoms with Crippen LogP contribution in [0, 0.1) is 12.8 Å². The van der Waals surface area contributed by atoms with E-state index in [4.69, 9.17) is 5.73 Å². The van der Waals surface area contributed by atoms with Crippen molar-refractivity contribution < 1.29 is 0 Å². The maximum absolute atomic E-state index is 5.88. The number of rotatable bonds is 6. The fourth-order valence-electron chi connectivity index (χ4n) is 3.08. The van der Waals surface area contributed by atoms with E-state index in [1.807, 2.05) is 0 Å². The maximum Gasteiger partial charge on any atom is 0.0107 e. The van der Waals surface area contributed by atoms with Gasteiger partial charge in [0.05, 0.1) is 0 Å². The van der Waals surface area contributed by atoms with E-state index in [1.165, 1.54) is 30.5 Å². The molecule has 19 heavy (non-hydrogen) atoms. The highest BCUT2D eigenvalue weighted by Gasteiger charge is 2.28. The molecule has 2 heteroatoms. The Morgan fingerprint density at radius 1 is 1.26 bits per heavy atom. The minimum absolute atomic E-state index is 0.469. The van der Waals surface area contributed by atoms with Crippen molar-refractivity contribution in [1.29, 1.82) is 0 Å². The molecule has 0 aromatic heterocycles. The quantitative estimate of drug-likeness (QED) is 0.852. The number of likely N-dealkylation sites (N-methyl/N-ethyl adjacent to an activating group) is 1.